The fraction of sp³-hybridized carbons (Fsp3) is 0.744. The van der Waals surface area contributed by atoms with Crippen LogP contribution in [0.5, 0.6) is 0 Å². The average Bonchev–Trinajstić information content (AvgIpc) is 3.16. The van der Waals surface area contributed by atoms with E-state index in [1.165, 1.54) is 32.4 Å². The predicted octanol–water partition coefficient (Wildman–Crippen LogP) is -0.307. The van der Waals surface area contributed by atoms with Gasteiger partial charge in [0.15, 0.2) is 18.3 Å². The van der Waals surface area contributed by atoms with Gasteiger partial charge in [0.05, 0.1) is 36.6 Å². The molecule has 3 aliphatic rings. The zero-order chi connectivity index (χ0) is 43.4. The van der Waals surface area contributed by atoms with Crippen LogP contribution in [0.15, 0.2) is 41.4 Å². The minimum Gasteiger partial charge on any atom is -0.480 e. The van der Waals surface area contributed by atoms with Gasteiger partial charge < -0.3 is 76.1 Å². The number of fused-ring (bicyclic) bond motifs is 1. The van der Waals surface area contributed by atoms with Gasteiger partial charge in [0, 0.05) is 51.0 Å². The molecule has 19 nitrogen and oxygen atoms in total. The van der Waals surface area contributed by atoms with E-state index in [1.54, 1.807) is 0 Å². The molecule has 11 N–H and O–H groups in total. The number of aliphatic carboxylic acids is 1. The molecular formula is C39H65N5O14. The predicted molar refractivity (Wildman–Crippen MR) is 209 cm³/mol. The summed E-state index contributed by atoms with van der Waals surface area (Å²) in [4.78, 5) is 41.0. The van der Waals surface area contributed by atoms with Crippen molar-refractivity contribution in [3.05, 3.63) is 36.5 Å². The molecule has 2 amide bonds. The van der Waals surface area contributed by atoms with Gasteiger partial charge in [0.25, 0.3) is 5.91 Å². The number of methoxy groups -OCH3 is 2. The van der Waals surface area contributed by atoms with E-state index in [9.17, 15) is 39.9 Å². The van der Waals surface area contributed by atoms with Crippen molar-refractivity contribution in [1.29, 1.82) is 0 Å². The second kappa shape index (κ2) is 22.2. The van der Waals surface area contributed by atoms with Crippen LogP contribution in [0.3, 0.4) is 0 Å². The molecular weight excluding hydrogens is 762 g/mol. The van der Waals surface area contributed by atoms with E-state index in [1.807, 2.05) is 27.7 Å². The molecule has 330 valence electrons. The SMILES string of the molecule is C=C1C[C@](OC)([C@H](O)C(=O)N[C@H]2OCO[C@H]3[C@H]2O[C@H](C[C@H](O)CCC[C@H](O)[C@@H](O)/C=C/C=C/C(=O)N[C@@H](CCCN=C(N)N)C(=O)O)C(C)(C)[C@@H]3OC)O[C@H](C)[C@@H]1C. The molecule has 0 bridgehead atoms. The molecule has 3 saturated heterocycles. The number of carbonyl (C=O) groups excluding carboxylic acids is 2. The molecule has 0 saturated carbocycles. The molecule has 0 aliphatic carbocycles. The molecule has 0 spiro atoms. The van der Waals surface area contributed by atoms with Crippen LogP contribution in [0.25, 0.3) is 0 Å². The number of carbonyl (C=O) groups is 3. The number of aliphatic hydroxyl groups excluding tert-OH is 4. The highest BCUT2D eigenvalue weighted by atomic mass is 16.7. The van der Waals surface area contributed by atoms with Crippen LogP contribution >= 0.6 is 0 Å². The molecule has 3 aliphatic heterocycles. The second-order valence-corrected chi connectivity index (χ2v) is 15.7. The van der Waals surface area contributed by atoms with Crippen molar-refractivity contribution in [2.45, 2.75) is 146 Å². The summed E-state index contributed by atoms with van der Waals surface area (Å²) in [6.07, 6.45) is -2.74. The maximum absolute atomic E-state index is 13.5. The lowest BCUT2D eigenvalue weighted by Crippen LogP contribution is -2.69. The van der Waals surface area contributed by atoms with Crippen molar-refractivity contribution in [1.82, 2.24) is 10.6 Å². The number of rotatable bonds is 21. The lowest BCUT2D eigenvalue weighted by Gasteiger charge is -2.54. The summed E-state index contributed by atoms with van der Waals surface area (Å²) < 4.78 is 35.7. The van der Waals surface area contributed by atoms with E-state index >= 15 is 0 Å². The fourth-order valence-electron chi connectivity index (χ4n) is 7.46. The van der Waals surface area contributed by atoms with Gasteiger partial charge in [-0.3, -0.25) is 14.6 Å². The average molecular weight is 828 g/mol. The smallest absolute Gasteiger partial charge is 0.326 e. The first kappa shape index (κ1) is 48.9. The highest BCUT2D eigenvalue weighted by Crippen LogP contribution is 2.44. The largest absolute Gasteiger partial charge is 0.480 e. The zero-order valence-corrected chi connectivity index (χ0v) is 34.3. The maximum atomic E-state index is 13.5. The number of nitrogens with two attached hydrogens (primary N) is 2. The number of nitrogens with one attached hydrogen (secondary N) is 2. The third-order valence-corrected chi connectivity index (χ3v) is 11.2. The Hall–Kier alpha value is -3.50. The minimum atomic E-state index is -1.74. The Morgan fingerprint density at radius 3 is 2.36 bits per heavy atom. The molecule has 13 atom stereocenters. The van der Waals surface area contributed by atoms with E-state index in [4.69, 9.17) is 39.9 Å². The van der Waals surface area contributed by atoms with Gasteiger partial charge in [-0.25, -0.2) is 4.79 Å². The fourth-order valence-corrected chi connectivity index (χ4v) is 7.46. The lowest BCUT2D eigenvalue weighted by molar-refractivity contribution is -0.332. The van der Waals surface area contributed by atoms with Crippen molar-refractivity contribution in [2.24, 2.45) is 27.8 Å². The molecule has 0 radical (unpaired) electrons. The lowest BCUT2D eigenvalue weighted by atomic mass is 9.72. The molecule has 58 heavy (non-hydrogen) atoms. The summed E-state index contributed by atoms with van der Waals surface area (Å²) in [5.74, 6) is -4.46. The van der Waals surface area contributed by atoms with Gasteiger partial charge in [0.1, 0.15) is 25.0 Å². The van der Waals surface area contributed by atoms with Crippen molar-refractivity contribution in [3.8, 4) is 0 Å². The highest BCUT2D eigenvalue weighted by Gasteiger charge is 2.57. The van der Waals surface area contributed by atoms with Crippen LogP contribution in [0.4, 0.5) is 0 Å². The van der Waals surface area contributed by atoms with Gasteiger partial charge in [-0.1, -0.05) is 51.2 Å². The molecule has 3 heterocycles. The first-order valence-electron chi connectivity index (χ1n) is 19.6. The molecule has 0 aromatic rings. The zero-order valence-electron chi connectivity index (χ0n) is 34.3. The van der Waals surface area contributed by atoms with Gasteiger partial charge in [0.2, 0.25) is 11.7 Å². The Labute approximate surface area is 339 Å². The normalized spacial score (nSPS) is 31.1. The third kappa shape index (κ3) is 13.0. The monoisotopic (exact) mass is 827 g/mol. The Balaban J connectivity index is 1.53. The highest BCUT2D eigenvalue weighted by molar-refractivity contribution is 5.91. The Morgan fingerprint density at radius 2 is 1.74 bits per heavy atom. The van der Waals surface area contributed by atoms with Crippen molar-refractivity contribution >= 4 is 23.7 Å². The summed E-state index contributed by atoms with van der Waals surface area (Å²) >= 11 is 0. The van der Waals surface area contributed by atoms with Crippen molar-refractivity contribution in [3.63, 3.8) is 0 Å². The standard InChI is InChI=1S/C39H65N5O14/c1-21-19-39(54-7,58-23(3)22(21)2)32(49)34(50)44-35-31-30(55-20-56-35)33(53-6)38(4,5)28(57-31)18-24(45)12-10-15-27(47)26(46)14-8-9-16-29(48)43-25(36(51)52)13-11-17-42-37(40)41/h8-9,14,16,22-28,30-33,35,45-47,49H,1,10-13,15,17-20H2,2-7H3,(H,43,48)(H,44,50)(H,51,52)(H4,40,41,42)/b14-8+,16-9+/t22-,23-,24-,25+,26+,27+,28-,30+,31-,32-,33-,35+,39-/m1/s1. The Kier molecular flexibility index (Phi) is 18.7. The first-order valence-corrected chi connectivity index (χ1v) is 19.6. The summed E-state index contributed by atoms with van der Waals surface area (Å²) in [6.45, 7) is 11.7. The molecule has 0 aromatic carbocycles. The molecule has 3 fully saturated rings. The summed E-state index contributed by atoms with van der Waals surface area (Å²) in [6, 6.07) is -1.15. The van der Waals surface area contributed by atoms with Crippen LogP contribution in [0, 0.1) is 11.3 Å². The number of aliphatic hydroxyl groups is 4. The van der Waals surface area contributed by atoms with E-state index in [0.29, 0.717) is 12.8 Å². The van der Waals surface area contributed by atoms with Crippen LogP contribution in [0.1, 0.15) is 72.6 Å². The summed E-state index contributed by atoms with van der Waals surface area (Å²) in [5, 5.41) is 57.8. The van der Waals surface area contributed by atoms with Gasteiger partial charge in [-0.2, -0.15) is 0 Å². The third-order valence-electron chi connectivity index (χ3n) is 11.2. The van der Waals surface area contributed by atoms with E-state index in [2.05, 4.69) is 22.2 Å². The Morgan fingerprint density at radius 1 is 1.03 bits per heavy atom. The number of aliphatic imine (C=N–C) groups is 1. The minimum absolute atomic E-state index is 0.00449. The number of carboxylic acid groups (broad SMARTS) is 1. The number of amides is 2. The second-order valence-electron chi connectivity index (χ2n) is 15.7. The molecule has 0 aromatic heterocycles. The van der Waals surface area contributed by atoms with Gasteiger partial charge in [-0.05, 0) is 39.0 Å². The van der Waals surface area contributed by atoms with E-state index in [-0.39, 0.29) is 63.4 Å². The number of ether oxygens (including phenoxy) is 6. The quantitative estimate of drug-likeness (QED) is 0.0179. The molecule has 0 unspecified atom stereocenters. The number of carboxylic acids is 1. The maximum Gasteiger partial charge on any atom is 0.326 e. The molecule has 3 rings (SSSR count). The van der Waals surface area contributed by atoms with E-state index in [0.717, 1.165) is 11.6 Å². The van der Waals surface area contributed by atoms with E-state index < -0.39 is 90.1 Å². The Bertz CT molecular complexity index is 1470. The molecule has 19 heteroatoms. The van der Waals surface area contributed by atoms with Crippen LogP contribution < -0.4 is 22.1 Å². The number of hydrogen-bond acceptors (Lipinski definition) is 14. The van der Waals surface area contributed by atoms with Crippen LogP contribution in [-0.4, -0.2) is 150 Å². The van der Waals surface area contributed by atoms with Gasteiger partial charge in [-0.15, -0.1) is 0 Å². The summed E-state index contributed by atoms with van der Waals surface area (Å²) in [7, 11) is 2.89. The van der Waals surface area contributed by atoms with Crippen molar-refractivity contribution < 1.29 is 68.3 Å². The number of nitrogens with zero attached hydrogens (tertiary/aromatic N) is 1. The number of allylic oxidation sites excluding steroid dienone is 2. The van der Waals surface area contributed by atoms with Crippen molar-refractivity contribution in [2.75, 3.05) is 27.6 Å². The van der Waals surface area contributed by atoms with Gasteiger partial charge >= 0.3 is 5.97 Å². The number of hydrogen-bond donors (Lipinski definition) is 9. The number of guanidine groups is 1. The first-order chi connectivity index (χ1) is 27.3. The van der Waals surface area contributed by atoms with Crippen LogP contribution in [0.2, 0.25) is 0 Å². The topological polar surface area (TPSA) is 296 Å². The van der Waals surface area contributed by atoms with Crippen LogP contribution in [-0.2, 0) is 42.8 Å². The summed E-state index contributed by atoms with van der Waals surface area (Å²) in [5.41, 5.74) is 10.6.